The minimum atomic E-state index is -0.391. The largest absolute Gasteiger partial charge is 0.392 e. The van der Waals surface area contributed by atoms with E-state index in [4.69, 9.17) is 4.74 Å². The van der Waals surface area contributed by atoms with Gasteiger partial charge in [0.25, 0.3) is 0 Å². The van der Waals surface area contributed by atoms with Gasteiger partial charge in [0.05, 0.1) is 11.3 Å². The lowest BCUT2D eigenvalue weighted by Crippen LogP contribution is -2.36. The third-order valence-electron chi connectivity index (χ3n) is 4.31. The Morgan fingerprint density at radius 1 is 1.33 bits per heavy atom. The van der Waals surface area contributed by atoms with Crippen molar-refractivity contribution in [1.82, 2.24) is 4.90 Å². The molecule has 0 spiro atoms. The number of likely N-dealkylation sites (tertiary alicyclic amines) is 1. The molecular weight excluding hydrogens is 194 g/mol. The molecule has 15 heavy (non-hydrogen) atoms. The van der Waals surface area contributed by atoms with E-state index in [1.165, 1.54) is 0 Å². The molecule has 4 nitrogen and oxygen atoms in total. The lowest BCUT2D eigenvalue weighted by molar-refractivity contribution is -0.158. The molecule has 0 amide bonds. The van der Waals surface area contributed by atoms with Crippen molar-refractivity contribution < 1.29 is 14.3 Å². The van der Waals surface area contributed by atoms with E-state index < -0.39 is 5.41 Å². The lowest BCUT2D eigenvalue weighted by Gasteiger charge is -2.32. The van der Waals surface area contributed by atoms with Crippen LogP contribution in [0.1, 0.15) is 19.3 Å². The highest BCUT2D eigenvalue weighted by Gasteiger charge is 2.73. The van der Waals surface area contributed by atoms with E-state index in [1.807, 2.05) is 0 Å². The molecule has 2 saturated heterocycles. The van der Waals surface area contributed by atoms with E-state index in [-0.39, 0.29) is 17.9 Å². The smallest absolute Gasteiger partial charge is 0.320 e. The molecule has 2 aliphatic heterocycles. The summed E-state index contributed by atoms with van der Waals surface area (Å²) < 4.78 is 4.72. The Labute approximate surface area is 88.6 Å². The van der Waals surface area contributed by atoms with E-state index in [0.717, 1.165) is 32.4 Å². The maximum absolute atomic E-state index is 11.7. The number of carbonyl (C=O) groups is 2. The topological polar surface area (TPSA) is 46.6 Å². The Balaban J connectivity index is 1.78. The fraction of sp³-hybridized carbons (Fsp3) is 0.818. The summed E-state index contributed by atoms with van der Waals surface area (Å²) in [6.45, 7) is 2.06. The van der Waals surface area contributed by atoms with Gasteiger partial charge in [0.1, 0.15) is 0 Å². The third kappa shape index (κ3) is 1.11. The predicted molar refractivity (Wildman–Crippen MR) is 51.9 cm³/mol. The van der Waals surface area contributed by atoms with Crippen molar-refractivity contribution in [2.75, 3.05) is 20.1 Å². The molecule has 4 heteroatoms. The predicted octanol–water partition coefficient (Wildman–Crippen LogP) is 0.418. The maximum Gasteiger partial charge on any atom is 0.320 e. The Morgan fingerprint density at radius 2 is 2.00 bits per heavy atom. The van der Waals surface area contributed by atoms with Crippen LogP contribution in [-0.2, 0) is 14.3 Å². The summed E-state index contributed by atoms with van der Waals surface area (Å²) >= 11 is 0. The number of rotatable bonds is 1. The van der Waals surface area contributed by atoms with Crippen molar-refractivity contribution in [2.24, 2.45) is 17.3 Å². The monoisotopic (exact) mass is 209 g/mol. The number of cyclic esters (lactones) is 2. The van der Waals surface area contributed by atoms with Gasteiger partial charge in [-0.05, 0) is 45.3 Å². The number of piperidine rings is 1. The van der Waals surface area contributed by atoms with Gasteiger partial charge in [-0.15, -0.1) is 0 Å². The molecule has 3 rings (SSSR count). The summed E-state index contributed by atoms with van der Waals surface area (Å²) in [5, 5.41) is 0. The van der Waals surface area contributed by atoms with Crippen LogP contribution in [-0.4, -0.2) is 37.0 Å². The second-order valence-electron chi connectivity index (χ2n) is 5.08. The first-order chi connectivity index (χ1) is 7.14. The molecule has 0 radical (unpaired) electrons. The van der Waals surface area contributed by atoms with Crippen molar-refractivity contribution in [2.45, 2.75) is 19.3 Å². The summed E-state index contributed by atoms with van der Waals surface area (Å²) in [5.41, 5.74) is -0.391. The Hall–Kier alpha value is -0.900. The zero-order valence-corrected chi connectivity index (χ0v) is 8.86. The Morgan fingerprint density at radius 3 is 2.47 bits per heavy atom. The minimum absolute atomic E-state index is 0.0987. The normalized spacial score (nSPS) is 41.5. The fourth-order valence-electron chi connectivity index (χ4n) is 3.20. The lowest BCUT2D eigenvalue weighted by atomic mass is 9.81. The molecule has 0 aromatic rings. The van der Waals surface area contributed by atoms with Gasteiger partial charge in [-0.2, -0.15) is 0 Å². The molecule has 2 heterocycles. The molecule has 0 aromatic carbocycles. The first-order valence-corrected chi connectivity index (χ1v) is 5.59. The molecule has 3 fully saturated rings. The van der Waals surface area contributed by atoms with E-state index in [9.17, 15) is 9.59 Å². The van der Waals surface area contributed by atoms with E-state index in [2.05, 4.69) is 11.9 Å². The second kappa shape index (κ2) is 2.82. The molecule has 1 aliphatic carbocycles. The summed E-state index contributed by atoms with van der Waals surface area (Å²) in [6.07, 6.45) is 2.80. The van der Waals surface area contributed by atoms with Crippen LogP contribution in [0.25, 0.3) is 0 Å². The van der Waals surface area contributed by atoms with Gasteiger partial charge in [0.2, 0.25) is 0 Å². The summed E-state index contributed by atoms with van der Waals surface area (Å²) in [5.74, 6) is -0.248. The zero-order chi connectivity index (χ0) is 10.6. The highest BCUT2D eigenvalue weighted by molar-refractivity contribution is 6.04. The third-order valence-corrected chi connectivity index (χ3v) is 4.31. The van der Waals surface area contributed by atoms with E-state index in [1.54, 1.807) is 0 Å². The fourth-order valence-corrected chi connectivity index (χ4v) is 3.20. The highest BCUT2D eigenvalue weighted by atomic mass is 16.6. The van der Waals surface area contributed by atoms with Crippen molar-refractivity contribution in [1.29, 1.82) is 0 Å². The van der Waals surface area contributed by atoms with Crippen LogP contribution in [0.5, 0.6) is 0 Å². The molecule has 82 valence electrons. The van der Waals surface area contributed by atoms with E-state index in [0.29, 0.717) is 5.92 Å². The average Bonchev–Trinajstić information content (AvgIpc) is 2.90. The number of carbonyl (C=O) groups excluding carboxylic acids is 2. The number of nitrogens with zero attached hydrogens (tertiary/aromatic N) is 1. The van der Waals surface area contributed by atoms with Gasteiger partial charge in [-0.1, -0.05) is 0 Å². The number of ether oxygens (including phenoxy) is 1. The molecule has 0 bridgehead atoms. The number of fused-ring (bicyclic) bond motifs is 1. The van der Waals surface area contributed by atoms with Crippen LogP contribution in [0.2, 0.25) is 0 Å². The molecular formula is C11H15NO3. The van der Waals surface area contributed by atoms with Crippen LogP contribution < -0.4 is 0 Å². The van der Waals surface area contributed by atoms with Gasteiger partial charge < -0.3 is 9.64 Å². The number of hydrogen-bond donors (Lipinski definition) is 0. The SMILES string of the molecule is CN1CCC(C23CC2C(=O)OC3=O)CC1. The van der Waals surface area contributed by atoms with Crippen LogP contribution in [0.4, 0.5) is 0 Å². The first kappa shape index (κ1) is 9.33. The maximum atomic E-state index is 11.7. The Bertz CT molecular complexity index is 333. The van der Waals surface area contributed by atoms with Crippen LogP contribution in [0, 0.1) is 17.3 Å². The summed E-state index contributed by atoms with van der Waals surface area (Å²) in [6, 6.07) is 0. The van der Waals surface area contributed by atoms with Crippen molar-refractivity contribution in [3.63, 3.8) is 0 Å². The quantitative estimate of drug-likeness (QED) is 0.464. The van der Waals surface area contributed by atoms with Crippen molar-refractivity contribution in [3.8, 4) is 0 Å². The minimum Gasteiger partial charge on any atom is -0.392 e. The first-order valence-electron chi connectivity index (χ1n) is 5.59. The molecule has 2 unspecified atom stereocenters. The van der Waals surface area contributed by atoms with Crippen LogP contribution >= 0.6 is 0 Å². The van der Waals surface area contributed by atoms with Gasteiger partial charge >= 0.3 is 11.9 Å². The number of hydrogen-bond acceptors (Lipinski definition) is 4. The molecule has 0 aromatic heterocycles. The van der Waals surface area contributed by atoms with Gasteiger partial charge in [-0.25, -0.2) is 0 Å². The molecule has 3 aliphatic rings. The summed E-state index contributed by atoms with van der Waals surface area (Å²) in [7, 11) is 2.09. The molecule has 0 N–H and O–H groups in total. The highest BCUT2D eigenvalue weighted by Crippen LogP contribution is 2.64. The zero-order valence-electron chi connectivity index (χ0n) is 8.86. The van der Waals surface area contributed by atoms with Gasteiger partial charge in [0.15, 0.2) is 0 Å². The van der Waals surface area contributed by atoms with E-state index >= 15 is 0 Å². The summed E-state index contributed by atoms with van der Waals surface area (Å²) in [4.78, 5) is 25.2. The van der Waals surface area contributed by atoms with Crippen molar-refractivity contribution >= 4 is 11.9 Å². The average molecular weight is 209 g/mol. The number of esters is 2. The van der Waals surface area contributed by atoms with Gasteiger partial charge in [-0.3, -0.25) is 9.59 Å². The van der Waals surface area contributed by atoms with Crippen molar-refractivity contribution in [3.05, 3.63) is 0 Å². The second-order valence-corrected chi connectivity index (χ2v) is 5.08. The molecule has 2 atom stereocenters. The van der Waals surface area contributed by atoms with Crippen LogP contribution in [0.3, 0.4) is 0 Å². The van der Waals surface area contributed by atoms with Gasteiger partial charge in [0, 0.05) is 0 Å². The standard InChI is InChI=1S/C11H15NO3/c1-12-4-2-7(3-5-12)11-6-8(11)9(13)15-10(11)14/h7-8H,2-6H2,1H3. The molecule has 1 saturated carbocycles. The Kier molecular flexibility index (Phi) is 1.75. The van der Waals surface area contributed by atoms with Crippen LogP contribution in [0.15, 0.2) is 0 Å².